The molecular formula is C17H27BrN2. The monoisotopic (exact) mass is 338 g/mol. The molecule has 0 saturated heterocycles. The van der Waals surface area contributed by atoms with E-state index in [2.05, 4.69) is 52.2 Å². The highest BCUT2D eigenvalue weighted by Crippen LogP contribution is 2.35. The van der Waals surface area contributed by atoms with Crippen LogP contribution in [0.3, 0.4) is 0 Å². The fourth-order valence-corrected chi connectivity index (χ4v) is 3.57. The number of aromatic nitrogens is 1. The first kappa shape index (κ1) is 16.0. The van der Waals surface area contributed by atoms with Crippen LogP contribution < -0.4 is 5.32 Å². The van der Waals surface area contributed by atoms with Crippen LogP contribution in [-0.4, -0.2) is 17.6 Å². The summed E-state index contributed by atoms with van der Waals surface area (Å²) in [6, 6.07) is 4.85. The SMILES string of the molecule is CCCNC(Cc1ccc(Br)cn1)C1CCC(CC)C1. The second-order valence-corrected chi connectivity index (χ2v) is 7.00. The van der Waals surface area contributed by atoms with Crippen molar-refractivity contribution in [3.05, 3.63) is 28.5 Å². The lowest BCUT2D eigenvalue weighted by Gasteiger charge is -2.25. The fraction of sp³-hybridized carbons (Fsp3) is 0.706. The van der Waals surface area contributed by atoms with Gasteiger partial charge in [0.25, 0.3) is 0 Å². The highest BCUT2D eigenvalue weighted by Gasteiger charge is 2.29. The smallest absolute Gasteiger partial charge is 0.0420 e. The van der Waals surface area contributed by atoms with Gasteiger partial charge in [-0.1, -0.05) is 26.7 Å². The molecule has 1 heterocycles. The van der Waals surface area contributed by atoms with Crippen molar-refractivity contribution in [3.8, 4) is 0 Å². The maximum Gasteiger partial charge on any atom is 0.0420 e. The summed E-state index contributed by atoms with van der Waals surface area (Å²) in [7, 11) is 0. The maximum atomic E-state index is 4.55. The number of nitrogens with zero attached hydrogens (tertiary/aromatic N) is 1. The van der Waals surface area contributed by atoms with Crippen molar-refractivity contribution in [1.82, 2.24) is 10.3 Å². The Hall–Kier alpha value is -0.410. The number of halogens is 1. The molecule has 1 N–H and O–H groups in total. The highest BCUT2D eigenvalue weighted by atomic mass is 79.9. The van der Waals surface area contributed by atoms with Crippen LogP contribution in [0, 0.1) is 11.8 Å². The zero-order valence-electron chi connectivity index (χ0n) is 12.7. The maximum absolute atomic E-state index is 4.55. The molecule has 2 rings (SSSR count). The van der Waals surface area contributed by atoms with Gasteiger partial charge in [-0.15, -0.1) is 0 Å². The van der Waals surface area contributed by atoms with Gasteiger partial charge in [-0.2, -0.15) is 0 Å². The molecule has 1 saturated carbocycles. The lowest BCUT2D eigenvalue weighted by molar-refractivity contribution is 0.342. The summed E-state index contributed by atoms with van der Waals surface area (Å²) in [5.41, 5.74) is 1.21. The Kier molecular flexibility index (Phi) is 6.50. The zero-order chi connectivity index (χ0) is 14.4. The van der Waals surface area contributed by atoms with Gasteiger partial charge < -0.3 is 5.32 Å². The van der Waals surface area contributed by atoms with Gasteiger partial charge in [-0.3, -0.25) is 4.98 Å². The molecule has 0 spiro atoms. The first-order chi connectivity index (χ1) is 9.72. The van der Waals surface area contributed by atoms with E-state index in [0.717, 1.165) is 29.3 Å². The Morgan fingerprint density at radius 3 is 2.80 bits per heavy atom. The molecule has 3 unspecified atom stereocenters. The van der Waals surface area contributed by atoms with Gasteiger partial charge in [0.1, 0.15) is 0 Å². The fourth-order valence-electron chi connectivity index (χ4n) is 3.34. The van der Waals surface area contributed by atoms with Gasteiger partial charge in [0.2, 0.25) is 0 Å². The molecule has 2 nitrogen and oxygen atoms in total. The van der Waals surface area contributed by atoms with E-state index < -0.39 is 0 Å². The number of hydrogen-bond acceptors (Lipinski definition) is 2. The van der Waals surface area contributed by atoms with E-state index in [4.69, 9.17) is 0 Å². The van der Waals surface area contributed by atoms with Crippen LogP contribution in [-0.2, 0) is 6.42 Å². The van der Waals surface area contributed by atoms with Gasteiger partial charge in [0.15, 0.2) is 0 Å². The van der Waals surface area contributed by atoms with E-state index in [1.54, 1.807) is 0 Å². The summed E-state index contributed by atoms with van der Waals surface area (Å²) in [6.45, 7) is 5.69. The van der Waals surface area contributed by atoms with Crippen molar-refractivity contribution in [2.45, 2.75) is 58.4 Å². The van der Waals surface area contributed by atoms with Gasteiger partial charge in [0.05, 0.1) is 0 Å². The van der Waals surface area contributed by atoms with Crippen molar-refractivity contribution in [1.29, 1.82) is 0 Å². The van der Waals surface area contributed by atoms with Crippen LogP contribution in [0.5, 0.6) is 0 Å². The van der Waals surface area contributed by atoms with E-state index in [-0.39, 0.29) is 0 Å². The number of hydrogen-bond donors (Lipinski definition) is 1. The molecule has 0 amide bonds. The van der Waals surface area contributed by atoms with E-state index >= 15 is 0 Å². The summed E-state index contributed by atoms with van der Waals surface area (Å²) in [5.74, 6) is 1.78. The van der Waals surface area contributed by atoms with Crippen LogP contribution in [0.2, 0.25) is 0 Å². The molecule has 1 aliphatic rings. The van der Waals surface area contributed by atoms with Crippen LogP contribution in [0.25, 0.3) is 0 Å². The molecule has 20 heavy (non-hydrogen) atoms. The van der Waals surface area contributed by atoms with Crippen LogP contribution >= 0.6 is 15.9 Å². The largest absolute Gasteiger partial charge is 0.313 e. The Balaban J connectivity index is 1.98. The van der Waals surface area contributed by atoms with Crippen molar-refractivity contribution in [3.63, 3.8) is 0 Å². The summed E-state index contributed by atoms with van der Waals surface area (Å²) >= 11 is 3.46. The van der Waals surface area contributed by atoms with Gasteiger partial charge in [0, 0.05) is 28.8 Å². The Labute approximate surface area is 131 Å². The summed E-state index contributed by atoms with van der Waals surface area (Å²) in [4.78, 5) is 4.55. The van der Waals surface area contributed by atoms with Crippen LogP contribution in [0.4, 0.5) is 0 Å². The topological polar surface area (TPSA) is 24.9 Å². The van der Waals surface area contributed by atoms with Crippen molar-refractivity contribution in [2.24, 2.45) is 11.8 Å². The molecule has 1 aromatic heterocycles. The third kappa shape index (κ3) is 4.56. The molecule has 3 heteroatoms. The van der Waals surface area contributed by atoms with E-state index in [0.29, 0.717) is 6.04 Å². The summed E-state index contributed by atoms with van der Waals surface area (Å²) in [6.07, 6.45) is 9.72. The third-order valence-corrected chi connectivity index (χ3v) is 5.07. The van der Waals surface area contributed by atoms with Crippen molar-refractivity contribution in [2.75, 3.05) is 6.54 Å². The van der Waals surface area contributed by atoms with Crippen LogP contribution in [0.15, 0.2) is 22.8 Å². The second kappa shape index (κ2) is 8.14. The highest BCUT2D eigenvalue weighted by molar-refractivity contribution is 9.10. The minimum Gasteiger partial charge on any atom is -0.313 e. The Morgan fingerprint density at radius 2 is 2.20 bits per heavy atom. The van der Waals surface area contributed by atoms with Gasteiger partial charge in [-0.05, 0) is 65.7 Å². The van der Waals surface area contributed by atoms with Gasteiger partial charge >= 0.3 is 0 Å². The molecule has 0 aliphatic heterocycles. The predicted molar refractivity (Wildman–Crippen MR) is 88.8 cm³/mol. The lowest BCUT2D eigenvalue weighted by Crippen LogP contribution is -2.38. The second-order valence-electron chi connectivity index (χ2n) is 6.08. The van der Waals surface area contributed by atoms with Crippen molar-refractivity contribution >= 4 is 15.9 Å². The van der Waals surface area contributed by atoms with E-state index in [1.165, 1.54) is 37.8 Å². The quantitative estimate of drug-likeness (QED) is 0.786. The lowest BCUT2D eigenvalue weighted by atomic mass is 9.92. The van der Waals surface area contributed by atoms with Crippen molar-refractivity contribution < 1.29 is 0 Å². The molecule has 1 fully saturated rings. The number of pyridine rings is 1. The average Bonchev–Trinajstić information content (AvgIpc) is 2.94. The van der Waals surface area contributed by atoms with E-state index in [9.17, 15) is 0 Å². The summed E-state index contributed by atoms with van der Waals surface area (Å²) < 4.78 is 1.06. The normalized spacial score (nSPS) is 23.9. The zero-order valence-corrected chi connectivity index (χ0v) is 14.3. The summed E-state index contributed by atoms with van der Waals surface area (Å²) in [5, 5.41) is 3.77. The van der Waals surface area contributed by atoms with E-state index in [1.807, 2.05) is 6.20 Å². The minimum absolute atomic E-state index is 0.597. The molecule has 1 aliphatic carbocycles. The first-order valence-corrected chi connectivity index (χ1v) is 8.86. The average molecular weight is 339 g/mol. The number of rotatable bonds is 7. The Bertz CT molecular complexity index is 390. The Morgan fingerprint density at radius 1 is 1.35 bits per heavy atom. The molecule has 0 aromatic carbocycles. The first-order valence-electron chi connectivity index (χ1n) is 8.06. The predicted octanol–water partition coefficient (Wildman–Crippen LogP) is 4.58. The molecule has 112 valence electrons. The molecular weight excluding hydrogens is 312 g/mol. The standard InChI is InChI=1S/C17H27BrN2/c1-3-9-19-17(14-6-5-13(4-2)10-14)11-16-8-7-15(18)12-20-16/h7-8,12-14,17,19H,3-6,9-11H2,1-2H3. The molecule has 0 bridgehead atoms. The van der Waals surface area contributed by atoms with Crippen LogP contribution in [0.1, 0.15) is 51.6 Å². The third-order valence-electron chi connectivity index (χ3n) is 4.60. The molecule has 0 radical (unpaired) electrons. The minimum atomic E-state index is 0.597. The molecule has 3 atom stereocenters. The number of nitrogens with one attached hydrogen (secondary N) is 1. The van der Waals surface area contributed by atoms with Gasteiger partial charge in [-0.25, -0.2) is 0 Å². The molecule has 1 aromatic rings.